The molecule has 1 aliphatic carbocycles. The van der Waals surface area contributed by atoms with Crippen LogP contribution >= 0.6 is 0 Å². The zero-order valence-electron chi connectivity index (χ0n) is 15.9. The summed E-state index contributed by atoms with van der Waals surface area (Å²) in [5.74, 6) is 0.638. The fraction of sp³-hybridized carbons (Fsp3) is 0.667. The number of nitrogens with zero attached hydrogens (tertiary/aromatic N) is 2. The predicted molar refractivity (Wildman–Crippen MR) is 102 cm³/mol. The third kappa shape index (κ3) is 5.97. The second-order valence-corrected chi connectivity index (χ2v) is 7.95. The molecule has 144 valence electrons. The molecule has 1 saturated carbocycles. The van der Waals surface area contributed by atoms with E-state index in [1.807, 2.05) is 4.90 Å². The van der Waals surface area contributed by atoms with Crippen molar-refractivity contribution in [3.05, 3.63) is 35.6 Å². The number of piperidine rings is 1. The number of carbonyl (C=O) groups is 1. The van der Waals surface area contributed by atoms with Crippen LogP contribution in [0, 0.1) is 11.7 Å². The van der Waals surface area contributed by atoms with Crippen LogP contribution in [-0.4, -0.2) is 48.1 Å². The molecule has 4 nitrogen and oxygen atoms in total. The lowest BCUT2D eigenvalue weighted by Gasteiger charge is -2.30. The molecule has 1 aromatic rings. The summed E-state index contributed by atoms with van der Waals surface area (Å²) in [5, 5.41) is 3.07. The second kappa shape index (κ2) is 9.36. The molecule has 0 radical (unpaired) electrons. The molecule has 3 rings (SSSR count). The van der Waals surface area contributed by atoms with Crippen molar-refractivity contribution in [1.29, 1.82) is 0 Å². The Hall–Kier alpha value is -1.62. The highest BCUT2D eigenvalue weighted by Gasteiger charge is 2.32. The zero-order chi connectivity index (χ0) is 18.4. The van der Waals surface area contributed by atoms with Crippen molar-refractivity contribution in [2.75, 3.05) is 26.2 Å². The van der Waals surface area contributed by atoms with Crippen LogP contribution in [0.3, 0.4) is 0 Å². The van der Waals surface area contributed by atoms with E-state index in [2.05, 4.69) is 17.1 Å². The van der Waals surface area contributed by atoms with Crippen molar-refractivity contribution in [3.63, 3.8) is 0 Å². The smallest absolute Gasteiger partial charge is 0.317 e. The third-order valence-corrected chi connectivity index (χ3v) is 5.57. The molecule has 1 N–H and O–H groups in total. The number of hydrogen-bond acceptors (Lipinski definition) is 2. The largest absolute Gasteiger partial charge is 0.338 e. The summed E-state index contributed by atoms with van der Waals surface area (Å²) in [5.41, 5.74) is 0.979. The van der Waals surface area contributed by atoms with Gasteiger partial charge in [-0.15, -0.1) is 0 Å². The fourth-order valence-corrected chi connectivity index (χ4v) is 3.58. The average molecular weight is 362 g/mol. The minimum absolute atomic E-state index is 0.0172. The molecule has 2 fully saturated rings. The van der Waals surface area contributed by atoms with Gasteiger partial charge < -0.3 is 15.1 Å². The van der Waals surface area contributed by atoms with Crippen LogP contribution in [0.4, 0.5) is 9.18 Å². The highest BCUT2D eigenvalue weighted by atomic mass is 19.1. The number of carbonyl (C=O) groups excluding carboxylic acids is 1. The van der Waals surface area contributed by atoms with Gasteiger partial charge in [-0.2, -0.15) is 0 Å². The van der Waals surface area contributed by atoms with Crippen molar-refractivity contribution in [1.82, 2.24) is 15.1 Å². The highest BCUT2D eigenvalue weighted by Crippen LogP contribution is 2.28. The first-order chi connectivity index (χ1) is 12.6. The van der Waals surface area contributed by atoms with Crippen LogP contribution in [0.15, 0.2) is 24.3 Å². The van der Waals surface area contributed by atoms with Crippen LogP contribution in [-0.2, 0) is 6.54 Å². The van der Waals surface area contributed by atoms with Crippen LogP contribution in [0.5, 0.6) is 0 Å². The van der Waals surface area contributed by atoms with Crippen molar-refractivity contribution in [2.24, 2.45) is 5.92 Å². The molecular weight excluding hydrogens is 329 g/mol. The average Bonchev–Trinajstić information content (AvgIpc) is 3.47. The lowest BCUT2D eigenvalue weighted by Crippen LogP contribution is -2.41. The number of halogens is 1. The molecule has 1 heterocycles. The van der Waals surface area contributed by atoms with Gasteiger partial charge in [0.2, 0.25) is 0 Å². The molecule has 1 aromatic carbocycles. The Morgan fingerprint density at radius 2 is 1.85 bits per heavy atom. The predicted octanol–water partition coefficient (Wildman–Crippen LogP) is 4.01. The molecule has 0 atom stereocenters. The fourth-order valence-electron chi connectivity index (χ4n) is 3.58. The number of likely N-dealkylation sites (tertiary alicyclic amines) is 1. The summed E-state index contributed by atoms with van der Waals surface area (Å²) in [6, 6.07) is 6.80. The van der Waals surface area contributed by atoms with Gasteiger partial charge in [-0.1, -0.05) is 19.1 Å². The standard InChI is InChI=1S/C21H32FN3O/c1-17-10-14-24(15-11-17)13-3-2-12-23-21(26)25(20-8-9-20)16-18-4-6-19(22)7-5-18/h4-7,17,20H,2-3,8-16H2,1H3,(H,23,26). The third-order valence-electron chi connectivity index (χ3n) is 5.57. The van der Waals surface area contributed by atoms with Crippen LogP contribution in [0.25, 0.3) is 0 Å². The summed E-state index contributed by atoms with van der Waals surface area (Å²) in [6.45, 7) is 7.22. The topological polar surface area (TPSA) is 35.6 Å². The maximum absolute atomic E-state index is 13.0. The number of amides is 2. The van der Waals surface area contributed by atoms with E-state index in [0.29, 0.717) is 12.6 Å². The van der Waals surface area contributed by atoms with Gasteiger partial charge in [-0.25, -0.2) is 9.18 Å². The van der Waals surface area contributed by atoms with Gasteiger partial charge in [0.25, 0.3) is 0 Å². The van der Waals surface area contributed by atoms with Crippen LogP contribution in [0.1, 0.15) is 51.0 Å². The molecule has 2 aliphatic rings. The molecule has 1 aliphatic heterocycles. The van der Waals surface area contributed by atoms with Gasteiger partial charge in [-0.3, -0.25) is 0 Å². The SMILES string of the molecule is CC1CCN(CCCCNC(=O)N(Cc2ccc(F)cc2)C2CC2)CC1. The first kappa shape index (κ1) is 19.2. The van der Waals surface area contributed by atoms with Gasteiger partial charge in [0.05, 0.1) is 0 Å². The van der Waals surface area contributed by atoms with E-state index < -0.39 is 0 Å². The number of nitrogens with one attached hydrogen (secondary N) is 1. The van der Waals surface area contributed by atoms with E-state index in [4.69, 9.17) is 0 Å². The van der Waals surface area contributed by atoms with Crippen LogP contribution in [0.2, 0.25) is 0 Å². The van der Waals surface area contributed by atoms with Gasteiger partial charge in [0.15, 0.2) is 0 Å². The zero-order valence-corrected chi connectivity index (χ0v) is 15.9. The van der Waals surface area contributed by atoms with E-state index in [1.165, 1.54) is 38.1 Å². The van der Waals surface area contributed by atoms with Crippen molar-refractivity contribution in [3.8, 4) is 0 Å². The summed E-state index contributed by atoms with van der Waals surface area (Å²) < 4.78 is 13.0. The number of unbranched alkanes of at least 4 members (excludes halogenated alkanes) is 1. The van der Waals surface area contributed by atoms with Crippen molar-refractivity contribution in [2.45, 2.75) is 58.0 Å². The second-order valence-electron chi connectivity index (χ2n) is 7.95. The van der Waals surface area contributed by atoms with Crippen LogP contribution < -0.4 is 5.32 Å². The van der Waals surface area contributed by atoms with Gasteiger partial charge in [-0.05, 0) is 81.8 Å². The lowest BCUT2D eigenvalue weighted by atomic mass is 9.99. The molecule has 0 aromatic heterocycles. The molecule has 5 heteroatoms. The molecule has 2 amide bonds. The molecule has 26 heavy (non-hydrogen) atoms. The Morgan fingerprint density at radius 3 is 2.50 bits per heavy atom. The first-order valence-electron chi connectivity index (χ1n) is 10.1. The molecule has 1 saturated heterocycles. The summed E-state index contributed by atoms with van der Waals surface area (Å²) >= 11 is 0. The Morgan fingerprint density at radius 1 is 1.15 bits per heavy atom. The van der Waals surface area contributed by atoms with Gasteiger partial charge in [0.1, 0.15) is 5.82 Å². The Labute approximate surface area is 156 Å². The van der Waals surface area contributed by atoms with Crippen molar-refractivity contribution < 1.29 is 9.18 Å². The number of benzene rings is 1. The minimum atomic E-state index is -0.237. The Balaban J connectivity index is 1.35. The van der Waals surface area contributed by atoms with Gasteiger partial charge in [0, 0.05) is 19.1 Å². The quantitative estimate of drug-likeness (QED) is 0.710. The molecule has 0 spiro atoms. The highest BCUT2D eigenvalue weighted by molar-refractivity contribution is 5.74. The lowest BCUT2D eigenvalue weighted by molar-refractivity contribution is 0.185. The number of hydrogen-bond donors (Lipinski definition) is 1. The molecule has 0 bridgehead atoms. The van der Waals surface area contributed by atoms with E-state index in [9.17, 15) is 9.18 Å². The molecule has 0 unspecified atom stereocenters. The Kier molecular flexibility index (Phi) is 6.89. The minimum Gasteiger partial charge on any atom is -0.338 e. The summed E-state index contributed by atoms with van der Waals surface area (Å²) in [7, 11) is 0. The van der Waals surface area contributed by atoms with Gasteiger partial charge >= 0.3 is 6.03 Å². The van der Waals surface area contributed by atoms with E-state index in [-0.39, 0.29) is 11.8 Å². The normalized spacial score (nSPS) is 18.7. The van der Waals surface area contributed by atoms with E-state index >= 15 is 0 Å². The monoisotopic (exact) mass is 361 g/mol. The van der Waals surface area contributed by atoms with E-state index in [0.717, 1.165) is 50.3 Å². The molecular formula is C21H32FN3O. The Bertz CT molecular complexity index is 565. The maximum Gasteiger partial charge on any atom is 0.317 e. The first-order valence-corrected chi connectivity index (χ1v) is 10.1. The maximum atomic E-state index is 13.0. The summed E-state index contributed by atoms with van der Waals surface area (Å²) in [6.07, 6.45) is 6.93. The summed E-state index contributed by atoms with van der Waals surface area (Å²) in [4.78, 5) is 17.0. The number of rotatable bonds is 8. The number of urea groups is 1. The van der Waals surface area contributed by atoms with Crippen molar-refractivity contribution >= 4 is 6.03 Å². The van der Waals surface area contributed by atoms with E-state index in [1.54, 1.807) is 12.1 Å².